The molecule has 0 saturated heterocycles. The van der Waals surface area contributed by atoms with E-state index in [1.165, 1.54) is 6.42 Å². The van der Waals surface area contributed by atoms with E-state index in [4.69, 9.17) is 9.84 Å². The van der Waals surface area contributed by atoms with Crippen molar-refractivity contribution >= 4 is 18.0 Å². The highest BCUT2D eigenvalue weighted by Gasteiger charge is 2.30. The van der Waals surface area contributed by atoms with Crippen molar-refractivity contribution in [3.63, 3.8) is 0 Å². The number of carbonyl (C=O) groups excluding carboxylic acids is 2. The molecule has 7 nitrogen and oxygen atoms in total. The summed E-state index contributed by atoms with van der Waals surface area (Å²) in [6.45, 7) is 0.685. The topological polar surface area (TPSA) is 105 Å². The highest BCUT2D eigenvalue weighted by atomic mass is 16.5. The van der Waals surface area contributed by atoms with Crippen LogP contribution in [0.2, 0.25) is 0 Å². The molecule has 2 aromatic carbocycles. The second-order valence-electron chi connectivity index (χ2n) is 8.50. The fraction of sp³-hybridized carbons (Fsp3) is 0.400. The maximum absolute atomic E-state index is 12.5. The Morgan fingerprint density at radius 3 is 2.19 bits per heavy atom. The largest absolute Gasteiger partial charge is 0.481 e. The second kappa shape index (κ2) is 9.85. The number of fused-ring (bicyclic) bond motifs is 3. The van der Waals surface area contributed by atoms with Gasteiger partial charge in [-0.1, -0.05) is 55.0 Å². The minimum absolute atomic E-state index is 0.00995. The van der Waals surface area contributed by atoms with E-state index in [2.05, 4.69) is 22.8 Å². The molecule has 0 heterocycles. The Hall–Kier alpha value is -3.35. The van der Waals surface area contributed by atoms with E-state index in [9.17, 15) is 14.4 Å². The first-order chi connectivity index (χ1) is 15.5. The summed E-state index contributed by atoms with van der Waals surface area (Å²) < 4.78 is 5.51. The first kappa shape index (κ1) is 21.9. The summed E-state index contributed by atoms with van der Waals surface area (Å²) in [5.41, 5.74) is 4.46. The van der Waals surface area contributed by atoms with Crippen LogP contribution in [0.25, 0.3) is 11.1 Å². The highest BCUT2D eigenvalue weighted by Crippen LogP contribution is 2.44. The van der Waals surface area contributed by atoms with Crippen molar-refractivity contribution in [2.75, 3.05) is 13.2 Å². The summed E-state index contributed by atoms with van der Waals surface area (Å²) in [5.74, 6) is -1.01. The van der Waals surface area contributed by atoms with Crippen LogP contribution in [0.15, 0.2) is 48.5 Å². The minimum Gasteiger partial charge on any atom is -0.481 e. The first-order valence-electron chi connectivity index (χ1n) is 11.1. The molecule has 2 aromatic rings. The van der Waals surface area contributed by atoms with Crippen molar-refractivity contribution in [2.24, 2.45) is 5.92 Å². The molecule has 1 atom stereocenters. The van der Waals surface area contributed by atoms with Crippen molar-refractivity contribution in [2.45, 2.75) is 44.1 Å². The molecule has 2 aliphatic rings. The molecule has 0 aliphatic heterocycles. The van der Waals surface area contributed by atoms with Gasteiger partial charge in [-0.15, -0.1) is 0 Å². The van der Waals surface area contributed by atoms with Gasteiger partial charge < -0.3 is 20.5 Å². The number of carboxylic acids is 1. The van der Waals surface area contributed by atoms with Crippen molar-refractivity contribution < 1.29 is 24.2 Å². The van der Waals surface area contributed by atoms with Crippen LogP contribution in [0.4, 0.5) is 4.79 Å². The first-order valence-corrected chi connectivity index (χ1v) is 11.1. The zero-order valence-electron chi connectivity index (χ0n) is 17.9. The highest BCUT2D eigenvalue weighted by molar-refractivity contribution is 5.86. The van der Waals surface area contributed by atoms with Crippen LogP contribution in [0.3, 0.4) is 0 Å². The summed E-state index contributed by atoms with van der Waals surface area (Å²) in [5, 5.41) is 14.4. The minimum atomic E-state index is -1.02. The Bertz CT molecular complexity index is 956. The lowest BCUT2D eigenvalue weighted by Gasteiger charge is -2.26. The third-order valence-corrected chi connectivity index (χ3v) is 6.39. The molecule has 4 rings (SSSR count). The third-order valence-electron chi connectivity index (χ3n) is 6.39. The molecular weight excluding hydrogens is 408 g/mol. The average molecular weight is 437 g/mol. The molecular formula is C25H28N2O5. The molecule has 3 N–H and O–H groups in total. The quantitative estimate of drug-likeness (QED) is 0.556. The Morgan fingerprint density at radius 1 is 1.00 bits per heavy atom. The van der Waals surface area contributed by atoms with Crippen molar-refractivity contribution in [1.29, 1.82) is 0 Å². The maximum Gasteiger partial charge on any atom is 0.407 e. The lowest BCUT2D eigenvalue weighted by molar-refractivity contribution is -0.137. The predicted octanol–water partition coefficient (Wildman–Crippen LogP) is 3.67. The number of alkyl carbamates (subject to hydrolysis) is 1. The number of aliphatic carboxylic acids is 1. The summed E-state index contributed by atoms with van der Waals surface area (Å²) >= 11 is 0. The van der Waals surface area contributed by atoms with E-state index in [0.717, 1.165) is 35.1 Å². The van der Waals surface area contributed by atoms with Crippen LogP contribution in [-0.2, 0) is 14.3 Å². The second-order valence-corrected chi connectivity index (χ2v) is 8.50. The van der Waals surface area contributed by atoms with Gasteiger partial charge in [0.1, 0.15) is 12.6 Å². The SMILES string of the molecule is O=C(O)CCC(NC(=O)OCC1c2ccccc2-c2ccccc21)C(=O)NCC1CCC1. The number of carboxylic acid groups (broad SMARTS) is 1. The van der Waals surface area contributed by atoms with Gasteiger partial charge in [-0.25, -0.2) is 4.79 Å². The van der Waals surface area contributed by atoms with Crippen molar-refractivity contribution in [3.05, 3.63) is 59.7 Å². The van der Waals surface area contributed by atoms with E-state index < -0.39 is 18.1 Å². The van der Waals surface area contributed by atoms with Gasteiger partial charge in [0.15, 0.2) is 0 Å². The Balaban J connectivity index is 1.37. The Labute approximate surface area is 187 Å². The molecule has 1 fully saturated rings. The van der Waals surface area contributed by atoms with Gasteiger partial charge >= 0.3 is 12.1 Å². The van der Waals surface area contributed by atoms with Crippen molar-refractivity contribution in [3.8, 4) is 11.1 Å². The van der Waals surface area contributed by atoms with Crippen LogP contribution in [0, 0.1) is 5.92 Å². The molecule has 1 unspecified atom stereocenters. The summed E-state index contributed by atoms with van der Waals surface area (Å²) in [7, 11) is 0. The molecule has 7 heteroatoms. The third kappa shape index (κ3) is 4.93. The van der Waals surface area contributed by atoms with Gasteiger partial charge in [-0.05, 0) is 47.4 Å². The van der Waals surface area contributed by atoms with E-state index in [1.807, 2.05) is 36.4 Å². The van der Waals surface area contributed by atoms with Crippen LogP contribution in [0.5, 0.6) is 0 Å². The van der Waals surface area contributed by atoms with Gasteiger partial charge in [0.05, 0.1) is 0 Å². The number of nitrogens with one attached hydrogen (secondary N) is 2. The normalized spacial score (nSPS) is 15.8. The molecule has 0 radical (unpaired) electrons. The number of carbonyl (C=O) groups is 3. The monoisotopic (exact) mass is 436 g/mol. The zero-order chi connectivity index (χ0) is 22.5. The summed E-state index contributed by atoms with van der Waals surface area (Å²) in [6, 6.07) is 15.1. The lowest BCUT2D eigenvalue weighted by atomic mass is 9.85. The molecule has 1 saturated carbocycles. The van der Waals surface area contributed by atoms with Crippen LogP contribution in [-0.4, -0.2) is 42.3 Å². The molecule has 2 aliphatic carbocycles. The smallest absolute Gasteiger partial charge is 0.407 e. The van der Waals surface area contributed by atoms with Crippen LogP contribution >= 0.6 is 0 Å². The van der Waals surface area contributed by atoms with Gasteiger partial charge in [0, 0.05) is 18.9 Å². The van der Waals surface area contributed by atoms with E-state index in [1.54, 1.807) is 0 Å². The fourth-order valence-corrected chi connectivity index (χ4v) is 4.38. The van der Waals surface area contributed by atoms with E-state index >= 15 is 0 Å². The molecule has 0 bridgehead atoms. The lowest BCUT2D eigenvalue weighted by Crippen LogP contribution is -2.48. The van der Waals surface area contributed by atoms with Crippen LogP contribution < -0.4 is 10.6 Å². The number of rotatable bonds is 9. The molecule has 2 amide bonds. The number of amides is 2. The molecule has 168 valence electrons. The van der Waals surface area contributed by atoms with Gasteiger partial charge in [0.25, 0.3) is 0 Å². The fourth-order valence-electron chi connectivity index (χ4n) is 4.38. The number of hydrogen-bond donors (Lipinski definition) is 3. The standard InChI is InChI=1S/C25H28N2O5/c28-23(29)13-12-22(24(30)26-14-16-6-5-7-16)27-25(31)32-15-21-19-10-3-1-8-17(19)18-9-2-4-11-20(18)21/h1-4,8-11,16,21-22H,5-7,12-15H2,(H,26,30)(H,27,31)(H,28,29). The number of ether oxygens (including phenoxy) is 1. The number of hydrogen-bond acceptors (Lipinski definition) is 4. The maximum atomic E-state index is 12.5. The number of benzene rings is 2. The summed E-state index contributed by atoms with van der Waals surface area (Å²) in [4.78, 5) is 36.1. The van der Waals surface area contributed by atoms with E-state index in [0.29, 0.717) is 12.5 Å². The van der Waals surface area contributed by atoms with Crippen molar-refractivity contribution in [1.82, 2.24) is 10.6 Å². The van der Waals surface area contributed by atoms with Gasteiger partial charge in [0.2, 0.25) is 5.91 Å². The van der Waals surface area contributed by atoms with Gasteiger partial charge in [-0.2, -0.15) is 0 Å². The van der Waals surface area contributed by atoms with Gasteiger partial charge in [-0.3, -0.25) is 9.59 Å². The van der Waals surface area contributed by atoms with E-state index in [-0.39, 0.29) is 31.3 Å². The Kier molecular flexibility index (Phi) is 6.73. The predicted molar refractivity (Wildman–Crippen MR) is 119 cm³/mol. The Morgan fingerprint density at radius 2 is 1.62 bits per heavy atom. The van der Waals surface area contributed by atoms with Crippen LogP contribution in [0.1, 0.15) is 49.1 Å². The summed E-state index contributed by atoms with van der Waals surface area (Å²) in [6.07, 6.45) is 2.41. The average Bonchev–Trinajstić information content (AvgIpc) is 3.07. The molecule has 0 aromatic heterocycles. The molecule has 32 heavy (non-hydrogen) atoms. The zero-order valence-corrected chi connectivity index (χ0v) is 17.9. The molecule has 0 spiro atoms.